The molecule has 24 heavy (non-hydrogen) atoms. The van der Waals surface area contributed by atoms with E-state index in [0.717, 1.165) is 25.7 Å². The molecule has 7 heteroatoms. The predicted molar refractivity (Wildman–Crippen MR) is 90.7 cm³/mol. The number of nitrogens with one attached hydrogen (secondary N) is 1. The van der Waals surface area contributed by atoms with E-state index < -0.39 is 17.6 Å². The van der Waals surface area contributed by atoms with Crippen LogP contribution < -0.4 is 11.1 Å². The zero-order chi connectivity index (χ0) is 18.2. The monoisotopic (exact) mass is 336 g/mol. The van der Waals surface area contributed by atoms with Crippen LogP contribution in [0, 0.1) is 11.3 Å². The molecule has 1 fully saturated rings. The van der Waals surface area contributed by atoms with Crippen molar-refractivity contribution in [2.24, 2.45) is 5.73 Å². The predicted octanol–water partition coefficient (Wildman–Crippen LogP) is 2.04. The van der Waals surface area contributed by atoms with E-state index in [1.165, 1.54) is 17.5 Å². The smallest absolute Gasteiger partial charge is 0.414 e. The Bertz CT molecular complexity index is 511. The molecule has 1 aliphatic rings. The lowest BCUT2D eigenvalue weighted by Gasteiger charge is -2.25. The van der Waals surface area contributed by atoms with Crippen LogP contribution in [0.4, 0.5) is 4.79 Å². The molecule has 1 rings (SSSR count). The van der Waals surface area contributed by atoms with Gasteiger partial charge >= 0.3 is 6.09 Å². The molecule has 0 spiro atoms. The Hall–Kier alpha value is -2.07. The molecule has 0 aromatic rings. The Morgan fingerprint density at radius 2 is 1.96 bits per heavy atom. The first-order chi connectivity index (χ1) is 11.3. The SMILES string of the molecule is CC(C)(C)OC(=O)N(/C=C(/C#N)C(=O)NC1CCCCC1)CCN. The zero-order valence-corrected chi connectivity index (χ0v) is 14.8. The van der Waals surface area contributed by atoms with Gasteiger partial charge in [0.15, 0.2) is 0 Å². The highest BCUT2D eigenvalue weighted by molar-refractivity contribution is 5.97. The molecule has 0 atom stereocenters. The number of nitriles is 1. The number of hydrogen-bond acceptors (Lipinski definition) is 5. The molecular formula is C17H28N4O3. The molecule has 0 aromatic carbocycles. The number of hydrogen-bond donors (Lipinski definition) is 2. The molecule has 0 aliphatic heterocycles. The number of carbonyl (C=O) groups is 2. The van der Waals surface area contributed by atoms with Gasteiger partial charge in [-0.25, -0.2) is 4.79 Å². The van der Waals surface area contributed by atoms with Crippen molar-refractivity contribution in [1.29, 1.82) is 5.26 Å². The summed E-state index contributed by atoms with van der Waals surface area (Å²) in [7, 11) is 0. The van der Waals surface area contributed by atoms with Gasteiger partial charge in [-0.15, -0.1) is 0 Å². The second-order valence-electron chi connectivity index (χ2n) is 6.93. The fraction of sp³-hybridized carbons (Fsp3) is 0.706. The van der Waals surface area contributed by atoms with Gasteiger partial charge in [-0.05, 0) is 33.6 Å². The lowest BCUT2D eigenvalue weighted by Crippen LogP contribution is -2.39. The van der Waals surface area contributed by atoms with Gasteiger partial charge in [0.2, 0.25) is 0 Å². The highest BCUT2D eigenvalue weighted by atomic mass is 16.6. The highest BCUT2D eigenvalue weighted by Crippen LogP contribution is 2.18. The number of amides is 2. The van der Waals surface area contributed by atoms with Crippen LogP contribution >= 0.6 is 0 Å². The van der Waals surface area contributed by atoms with Crippen molar-refractivity contribution in [3.63, 3.8) is 0 Å². The van der Waals surface area contributed by atoms with Gasteiger partial charge < -0.3 is 15.8 Å². The third-order valence-electron chi connectivity index (χ3n) is 3.59. The number of carbonyl (C=O) groups excluding carboxylic acids is 2. The quantitative estimate of drug-likeness (QED) is 0.590. The highest BCUT2D eigenvalue weighted by Gasteiger charge is 2.23. The van der Waals surface area contributed by atoms with Crippen LogP contribution in [0.5, 0.6) is 0 Å². The molecule has 0 unspecified atom stereocenters. The van der Waals surface area contributed by atoms with Crippen molar-refractivity contribution in [1.82, 2.24) is 10.2 Å². The third-order valence-corrected chi connectivity index (χ3v) is 3.59. The summed E-state index contributed by atoms with van der Waals surface area (Å²) in [5.41, 5.74) is 4.71. The summed E-state index contributed by atoms with van der Waals surface area (Å²) < 4.78 is 5.27. The van der Waals surface area contributed by atoms with Crippen LogP contribution in [-0.4, -0.2) is 41.6 Å². The largest absolute Gasteiger partial charge is 0.443 e. The third kappa shape index (κ3) is 7.01. The van der Waals surface area contributed by atoms with Crippen molar-refractivity contribution in [2.75, 3.05) is 13.1 Å². The van der Waals surface area contributed by atoms with Gasteiger partial charge in [0.1, 0.15) is 17.2 Å². The fourth-order valence-corrected chi connectivity index (χ4v) is 2.47. The van der Waals surface area contributed by atoms with E-state index in [1.807, 2.05) is 6.07 Å². The first-order valence-electron chi connectivity index (χ1n) is 8.39. The summed E-state index contributed by atoms with van der Waals surface area (Å²) in [4.78, 5) is 25.6. The van der Waals surface area contributed by atoms with E-state index in [9.17, 15) is 14.9 Å². The molecule has 0 radical (unpaired) electrons. The lowest BCUT2D eigenvalue weighted by atomic mass is 9.95. The van der Waals surface area contributed by atoms with Crippen molar-refractivity contribution in [2.45, 2.75) is 64.5 Å². The first-order valence-corrected chi connectivity index (χ1v) is 8.39. The second kappa shape index (κ2) is 9.28. The van der Waals surface area contributed by atoms with Gasteiger partial charge in [-0.3, -0.25) is 9.69 Å². The van der Waals surface area contributed by atoms with Gasteiger partial charge in [-0.1, -0.05) is 19.3 Å². The first kappa shape index (κ1) is 20.0. The van der Waals surface area contributed by atoms with E-state index in [0.29, 0.717) is 0 Å². The average molecular weight is 336 g/mol. The van der Waals surface area contributed by atoms with Crippen LogP contribution in [0.3, 0.4) is 0 Å². The van der Waals surface area contributed by atoms with Crippen LogP contribution in [0.25, 0.3) is 0 Å². The minimum absolute atomic E-state index is 0.0903. The molecule has 134 valence electrons. The van der Waals surface area contributed by atoms with E-state index in [2.05, 4.69) is 5.32 Å². The van der Waals surface area contributed by atoms with Crippen LogP contribution in [-0.2, 0) is 9.53 Å². The Balaban J connectivity index is 2.81. The average Bonchev–Trinajstić information content (AvgIpc) is 2.50. The zero-order valence-electron chi connectivity index (χ0n) is 14.8. The minimum atomic E-state index is -0.672. The van der Waals surface area contributed by atoms with Gasteiger partial charge in [-0.2, -0.15) is 5.26 Å². The molecule has 7 nitrogen and oxygen atoms in total. The maximum atomic E-state index is 12.3. The molecule has 0 aromatic heterocycles. The van der Waals surface area contributed by atoms with Gasteiger partial charge in [0.05, 0.1) is 0 Å². The van der Waals surface area contributed by atoms with E-state index in [-0.39, 0.29) is 24.7 Å². The fourth-order valence-electron chi connectivity index (χ4n) is 2.47. The van der Waals surface area contributed by atoms with Crippen LogP contribution in [0.15, 0.2) is 11.8 Å². The number of nitrogens with two attached hydrogens (primary N) is 1. The molecular weight excluding hydrogens is 308 g/mol. The van der Waals surface area contributed by atoms with Crippen molar-refractivity contribution >= 4 is 12.0 Å². The molecule has 1 saturated carbocycles. The molecule has 0 saturated heterocycles. The Labute approximate surface area is 143 Å². The van der Waals surface area contributed by atoms with Crippen molar-refractivity contribution in [3.05, 3.63) is 11.8 Å². The van der Waals surface area contributed by atoms with Crippen LogP contribution in [0.2, 0.25) is 0 Å². The standard InChI is InChI=1S/C17H28N4O3/c1-17(2,3)24-16(23)21(10-9-18)12-13(11-19)15(22)20-14-7-5-4-6-8-14/h12,14H,4-10,18H2,1-3H3,(H,20,22)/b13-12-. The van der Waals surface area contributed by atoms with Crippen molar-refractivity contribution < 1.29 is 14.3 Å². The molecule has 3 N–H and O–H groups in total. The van der Waals surface area contributed by atoms with Gasteiger partial charge in [0, 0.05) is 25.3 Å². The maximum absolute atomic E-state index is 12.3. The number of ether oxygens (including phenoxy) is 1. The Kier molecular flexibility index (Phi) is 7.72. The van der Waals surface area contributed by atoms with E-state index in [1.54, 1.807) is 20.8 Å². The summed E-state index contributed by atoms with van der Waals surface area (Å²) in [6.45, 7) is 5.60. The van der Waals surface area contributed by atoms with Crippen molar-refractivity contribution in [3.8, 4) is 6.07 Å². The summed E-state index contributed by atoms with van der Waals surface area (Å²) in [5.74, 6) is -0.463. The Morgan fingerprint density at radius 1 is 1.33 bits per heavy atom. The maximum Gasteiger partial charge on any atom is 0.414 e. The summed E-state index contributed by atoms with van der Waals surface area (Å²) >= 11 is 0. The topological polar surface area (TPSA) is 108 Å². The molecule has 1 aliphatic carbocycles. The molecule has 2 amide bonds. The normalized spacial score (nSPS) is 16.2. The van der Waals surface area contributed by atoms with Gasteiger partial charge in [0.25, 0.3) is 5.91 Å². The molecule has 0 heterocycles. The second-order valence-corrected chi connectivity index (χ2v) is 6.93. The van der Waals surface area contributed by atoms with Crippen LogP contribution in [0.1, 0.15) is 52.9 Å². The van der Waals surface area contributed by atoms with E-state index in [4.69, 9.17) is 10.5 Å². The summed E-state index contributed by atoms with van der Waals surface area (Å²) in [6, 6.07) is 1.95. The summed E-state index contributed by atoms with van der Waals surface area (Å²) in [5, 5.41) is 12.1. The molecule has 0 bridgehead atoms. The lowest BCUT2D eigenvalue weighted by molar-refractivity contribution is -0.118. The number of nitrogens with zero attached hydrogens (tertiary/aromatic N) is 2. The summed E-state index contributed by atoms with van der Waals surface area (Å²) in [6.07, 6.45) is 5.76. The minimum Gasteiger partial charge on any atom is -0.443 e. The Morgan fingerprint density at radius 3 is 2.46 bits per heavy atom. The van der Waals surface area contributed by atoms with E-state index >= 15 is 0 Å². The number of rotatable bonds is 5.